The predicted octanol–water partition coefficient (Wildman–Crippen LogP) is 2.46. The van der Waals surface area contributed by atoms with Crippen LogP contribution in [0.2, 0.25) is 0 Å². The lowest BCUT2D eigenvalue weighted by Crippen LogP contribution is -2.11. The number of aryl methyl sites for hydroxylation is 2. The van der Waals surface area contributed by atoms with Gasteiger partial charge in [0, 0.05) is 0 Å². The van der Waals surface area contributed by atoms with Gasteiger partial charge in [-0.1, -0.05) is 13.0 Å². The van der Waals surface area contributed by atoms with E-state index in [1.807, 2.05) is 27.0 Å². The molecule has 0 unspecified atom stereocenters. The van der Waals surface area contributed by atoms with Crippen LogP contribution >= 0.6 is 0 Å². The summed E-state index contributed by atoms with van der Waals surface area (Å²) in [5, 5.41) is 3.10. The molecule has 1 rings (SSSR count). The second-order valence-corrected chi connectivity index (χ2v) is 3.58. The lowest BCUT2D eigenvalue weighted by atomic mass is 10.0. The van der Waals surface area contributed by atoms with Gasteiger partial charge in [0.15, 0.2) is 0 Å². The quantitative estimate of drug-likeness (QED) is 0.778. The molecule has 0 bridgehead atoms. The fourth-order valence-corrected chi connectivity index (χ4v) is 1.57. The normalized spacial score (nSPS) is 10.6. The number of nitrogens with one attached hydrogen (secondary N) is 1. The predicted molar refractivity (Wildman–Crippen MR) is 58.1 cm³/mol. The first kappa shape index (κ1) is 11.2. The highest BCUT2D eigenvalue weighted by atomic mass is 19.1. The third-order valence-corrected chi connectivity index (χ3v) is 2.53. The third kappa shape index (κ3) is 2.55. The average Bonchev–Trinajstić information content (AvgIpc) is 2.17. The Hall–Kier alpha value is -0.890. The molecule has 0 saturated heterocycles. The average molecular weight is 195 g/mol. The minimum Gasteiger partial charge on any atom is -0.319 e. The van der Waals surface area contributed by atoms with Gasteiger partial charge in [0.2, 0.25) is 0 Å². The Morgan fingerprint density at radius 3 is 2.57 bits per heavy atom. The molecule has 0 aliphatic carbocycles. The molecule has 0 aromatic heterocycles. The topological polar surface area (TPSA) is 12.0 Å². The van der Waals surface area contributed by atoms with Crippen molar-refractivity contribution in [3.8, 4) is 0 Å². The van der Waals surface area contributed by atoms with Crippen LogP contribution in [0.15, 0.2) is 12.1 Å². The zero-order valence-corrected chi connectivity index (χ0v) is 9.15. The first-order chi connectivity index (χ1) is 6.69. The van der Waals surface area contributed by atoms with E-state index < -0.39 is 0 Å². The molecule has 0 saturated carbocycles. The largest absolute Gasteiger partial charge is 0.319 e. The van der Waals surface area contributed by atoms with Crippen LogP contribution in [0.5, 0.6) is 0 Å². The molecule has 0 aliphatic rings. The van der Waals surface area contributed by atoms with Crippen LogP contribution in [0.25, 0.3) is 0 Å². The standard InChI is InChI=1S/C12H18FN/c1-4-10-8-11(5-6-14-3)9(2)7-12(10)13/h7-8,14H,4-6H2,1-3H3. The van der Waals surface area contributed by atoms with E-state index in [1.54, 1.807) is 6.07 Å². The van der Waals surface area contributed by atoms with Gasteiger partial charge < -0.3 is 5.32 Å². The monoisotopic (exact) mass is 195 g/mol. The first-order valence-electron chi connectivity index (χ1n) is 5.11. The molecule has 78 valence electrons. The van der Waals surface area contributed by atoms with E-state index in [9.17, 15) is 4.39 Å². The van der Waals surface area contributed by atoms with Crippen molar-refractivity contribution < 1.29 is 4.39 Å². The second-order valence-electron chi connectivity index (χ2n) is 3.58. The number of likely N-dealkylation sites (N-methyl/N-ethyl adjacent to an activating group) is 1. The summed E-state index contributed by atoms with van der Waals surface area (Å²) >= 11 is 0. The molecule has 0 atom stereocenters. The lowest BCUT2D eigenvalue weighted by Gasteiger charge is -2.09. The van der Waals surface area contributed by atoms with Crippen molar-refractivity contribution in [1.29, 1.82) is 0 Å². The Labute approximate surface area is 85.3 Å². The molecular formula is C12H18FN. The number of hydrogen-bond donors (Lipinski definition) is 1. The van der Waals surface area contributed by atoms with Crippen molar-refractivity contribution in [2.24, 2.45) is 0 Å². The van der Waals surface area contributed by atoms with Crippen LogP contribution in [-0.2, 0) is 12.8 Å². The van der Waals surface area contributed by atoms with Gasteiger partial charge in [-0.15, -0.1) is 0 Å². The highest BCUT2D eigenvalue weighted by Crippen LogP contribution is 2.16. The first-order valence-corrected chi connectivity index (χ1v) is 5.11. The van der Waals surface area contributed by atoms with Crippen molar-refractivity contribution in [3.63, 3.8) is 0 Å². The summed E-state index contributed by atoms with van der Waals surface area (Å²) in [4.78, 5) is 0. The van der Waals surface area contributed by atoms with Gasteiger partial charge >= 0.3 is 0 Å². The SMILES string of the molecule is CCc1cc(CCNC)c(C)cc1F. The Bertz CT molecular complexity index is 307. The Kier molecular flexibility index (Phi) is 4.08. The Balaban J connectivity index is 2.92. The Morgan fingerprint density at radius 2 is 2.00 bits per heavy atom. The van der Waals surface area contributed by atoms with Crippen LogP contribution in [0.1, 0.15) is 23.6 Å². The van der Waals surface area contributed by atoms with Gasteiger partial charge in [0.1, 0.15) is 5.82 Å². The van der Waals surface area contributed by atoms with Gasteiger partial charge in [-0.2, -0.15) is 0 Å². The van der Waals surface area contributed by atoms with Gasteiger partial charge in [-0.25, -0.2) is 4.39 Å². The summed E-state index contributed by atoms with van der Waals surface area (Å²) in [5.74, 6) is -0.0711. The summed E-state index contributed by atoms with van der Waals surface area (Å²) in [6.45, 7) is 4.89. The summed E-state index contributed by atoms with van der Waals surface area (Å²) in [5.41, 5.74) is 3.12. The highest BCUT2D eigenvalue weighted by molar-refractivity contribution is 5.32. The van der Waals surface area contributed by atoms with Crippen LogP contribution in [0.3, 0.4) is 0 Å². The molecule has 1 aromatic rings. The summed E-state index contributed by atoms with van der Waals surface area (Å²) in [6.07, 6.45) is 1.73. The van der Waals surface area contributed by atoms with Crippen LogP contribution in [-0.4, -0.2) is 13.6 Å². The molecule has 1 nitrogen and oxygen atoms in total. The number of rotatable bonds is 4. The molecule has 14 heavy (non-hydrogen) atoms. The smallest absolute Gasteiger partial charge is 0.126 e. The molecule has 1 aromatic carbocycles. The molecule has 2 heteroatoms. The third-order valence-electron chi connectivity index (χ3n) is 2.53. The van der Waals surface area contributed by atoms with Crippen molar-refractivity contribution >= 4 is 0 Å². The minimum absolute atomic E-state index is 0.0711. The van der Waals surface area contributed by atoms with Crippen LogP contribution in [0, 0.1) is 12.7 Å². The lowest BCUT2D eigenvalue weighted by molar-refractivity contribution is 0.609. The maximum atomic E-state index is 13.3. The van der Waals surface area contributed by atoms with Crippen LogP contribution in [0.4, 0.5) is 4.39 Å². The number of halogens is 1. The molecule has 0 spiro atoms. The van der Waals surface area contributed by atoms with Crippen molar-refractivity contribution in [2.45, 2.75) is 26.7 Å². The van der Waals surface area contributed by atoms with E-state index >= 15 is 0 Å². The van der Waals surface area contributed by atoms with Crippen molar-refractivity contribution in [1.82, 2.24) is 5.32 Å². The van der Waals surface area contributed by atoms with E-state index in [2.05, 4.69) is 5.32 Å². The fraction of sp³-hybridized carbons (Fsp3) is 0.500. The molecule has 0 fully saturated rings. The van der Waals surface area contributed by atoms with E-state index in [0.717, 1.165) is 30.5 Å². The zero-order chi connectivity index (χ0) is 10.6. The summed E-state index contributed by atoms with van der Waals surface area (Å²) in [7, 11) is 1.93. The van der Waals surface area contributed by atoms with Gasteiger partial charge in [-0.3, -0.25) is 0 Å². The van der Waals surface area contributed by atoms with Gasteiger partial charge in [0.25, 0.3) is 0 Å². The Morgan fingerprint density at radius 1 is 1.29 bits per heavy atom. The second kappa shape index (κ2) is 5.11. The maximum absolute atomic E-state index is 13.3. The minimum atomic E-state index is -0.0711. The number of benzene rings is 1. The molecule has 0 aliphatic heterocycles. The summed E-state index contributed by atoms with van der Waals surface area (Å²) in [6, 6.07) is 3.63. The van der Waals surface area contributed by atoms with Gasteiger partial charge in [0.05, 0.1) is 0 Å². The number of hydrogen-bond acceptors (Lipinski definition) is 1. The summed E-state index contributed by atoms with van der Waals surface area (Å²) < 4.78 is 13.3. The van der Waals surface area contributed by atoms with Crippen molar-refractivity contribution in [3.05, 3.63) is 34.6 Å². The molecule has 1 N–H and O–H groups in total. The molecular weight excluding hydrogens is 177 g/mol. The maximum Gasteiger partial charge on any atom is 0.126 e. The zero-order valence-electron chi connectivity index (χ0n) is 9.15. The fourth-order valence-electron chi connectivity index (χ4n) is 1.57. The molecule has 0 heterocycles. The van der Waals surface area contributed by atoms with Gasteiger partial charge in [-0.05, 0) is 56.1 Å². The molecule has 0 amide bonds. The van der Waals surface area contributed by atoms with E-state index in [4.69, 9.17) is 0 Å². The molecule has 0 radical (unpaired) electrons. The van der Waals surface area contributed by atoms with Crippen molar-refractivity contribution in [2.75, 3.05) is 13.6 Å². The van der Waals surface area contributed by atoms with E-state index in [0.29, 0.717) is 0 Å². The van der Waals surface area contributed by atoms with E-state index in [-0.39, 0.29) is 5.82 Å². The highest BCUT2D eigenvalue weighted by Gasteiger charge is 2.05. The van der Waals surface area contributed by atoms with E-state index in [1.165, 1.54) is 5.56 Å². The van der Waals surface area contributed by atoms with Crippen LogP contribution < -0.4 is 5.32 Å².